The van der Waals surface area contributed by atoms with Crippen molar-refractivity contribution in [2.45, 2.75) is 38.0 Å². The van der Waals surface area contributed by atoms with Crippen LogP contribution >= 0.6 is 0 Å². The molecule has 0 saturated carbocycles. The van der Waals surface area contributed by atoms with Crippen molar-refractivity contribution in [1.29, 1.82) is 0 Å². The van der Waals surface area contributed by atoms with Crippen LogP contribution in [-0.4, -0.2) is 26.8 Å². The molecular formula is C10H18N2OSi. The zero-order valence-electron chi connectivity index (χ0n) is 9.21. The molecule has 2 rings (SSSR count). The molecule has 0 radical (unpaired) electrons. The summed E-state index contributed by atoms with van der Waals surface area (Å²) in [6, 6.07) is 0. The number of azo groups is 1. The Morgan fingerprint density at radius 1 is 1.29 bits per heavy atom. The van der Waals surface area contributed by atoms with E-state index in [9.17, 15) is 0 Å². The molecule has 0 N–H and O–H groups in total. The van der Waals surface area contributed by atoms with Gasteiger partial charge in [0.05, 0.1) is 0 Å². The number of hydrogen-bond donors (Lipinski definition) is 0. The summed E-state index contributed by atoms with van der Waals surface area (Å²) in [4.78, 5) is 0. The van der Waals surface area contributed by atoms with E-state index in [0.717, 1.165) is 26.1 Å². The summed E-state index contributed by atoms with van der Waals surface area (Å²) < 4.78 is 5.36. The third-order valence-electron chi connectivity index (χ3n) is 2.89. The zero-order valence-corrected chi connectivity index (χ0v) is 10.2. The largest absolute Gasteiger partial charge is 0.381 e. The van der Waals surface area contributed by atoms with E-state index >= 15 is 0 Å². The lowest BCUT2D eigenvalue weighted by Gasteiger charge is -2.27. The standard InChI is InChI=1S/C10H18N2OSi/c1-14(2,3)9-8-10(12-11-9)4-6-13-7-5-10/h8H,4-7H2,1-3H3. The third-order valence-corrected chi connectivity index (χ3v) is 4.67. The first kappa shape index (κ1) is 10.0. The van der Waals surface area contributed by atoms with Crippen LogP contribution in [0.1, 0.15) is 12.8 Å². The van der Waals surface area contributed by atoms with Crippen LogP contribution in [0, 0.1) is 0 Å². The molecule has 78 valence electrons. The Hall–Kier alpha value is -0.483. The lowest BCUT2D eigenvalue weighted by Crippen LogP contribution is -2.31. The second kappa shape index (κ2) is 3.27. The van der Waals surface area contributed by atoms with Gasteiger partial charge in [0.25, 0.3) is 0 Å². The van der Waals surface area contributed by atoms with E-state index in [0.29, 0.717) is 0 Å². The van der Waals surface area contributed by atoms with Gasteiger partial charge >= 0.3 is 0 Å². The molecule has 4 heteroatoms. The van der Waals surface area contributed by atoms with E-state index in [1.54, 1.807) is 0 Å². The van der Waals surface area contributed by atoms with Gasteiger partial charge in [0.15, 0.2) is 0 Å². The Kier molecular flexibility index (Phi) is 2.35. The summed E-state index contributed by atoms with van der Waals surface area (Å²) in [7, 11) is -1.27. The molecular weight excluding hydrogens is 192 g/mol. The highest BCUT2D eigenvalue weighted by atomic mass is 28.3. The molecule has 0 unspecified atom stereocenters. The van der Waals surface area contributed by atoms with Crippen molar-refractivity contribution >= 4 is 8.07 Å². The van der Waals surface area contributed by atoms with Gasteiger partial charge < -0.3 is 4.74 Å². The molecule has 0 aromatic heterocycles. The van der Waals surface area contributed by atoms with Crippen molar-refractivity contribution in [3.8, 4) is 0 Å². The summed E-state index contributed by atoms with van der Waals surface area (Å²) in [6.07, 6.45) is 4.32. The molecule has 0 atom stereocenters. The molecule has 1 spiro atoms. The molecule has 0 bridgehead atoms. The second-order valence-corrected chi connectivity index (χ2v) is 10.2. The zero-order chi connectivity index (χ0) is 10.2. The van der Waals surface area contributed by atoms with Crippen LogP contribution < -0.4 is 0 Å². The first-order chi connectivity index (χ1) is 6.52. The Morgan fingerprint density at radius 3 is 2.43 bits per heavy atom. The van der Waals surface area contributed by atoms with E-state index < -0.39 is 8.07 Å². The molecule has 2 aliphatic rings. The Balaban J connectivity index is 2.19. The number of ether oxygens (including phenoxy) is 1. The van der Waals surface area contributed by atoms with Crippen molar-refractivity contribution in [1.82, 2.24) is 0 Å². The first-order valence-corrected chi connectivity index (χ1v) is 8.76. The van der Waals surface area contributed by atoms with E-state index in [-0.39, 0.29) is 5.54 Å². The summed E-state index contributed by atoms with van der Waals surface area (Å²) in [5, 5.41) is 10.1. The molecule has 0 amide bonds. The number of rotatable bonds is 1. The van der Waals surface area contributed by atoms with Gasteiger partial charge in [-0.2, -0.15) is 10.2 Å². The van der Waals surface area contributed by atoms with Crippen LogP contribution in [0.3, 0.4) is 0 Å². The van der Waals surface area contributed by atoms with Crippen LogP contribution in [0.25, 0.3) is 0 Å². The Bertz CT molecular complexity index is 285. The smallest absolute Gasteiger partial charge is 0.106 e. The van der Waals surface area contributed by atoms with Crippen molar-refractivity contribution < 1.29 is 4.74 Å². The van der Waals surface area contributed by atoms with Gasteiger partial charge in [-0.3, -0.25) is 0 Å². The summed E-state index contributed by atoms with van der Waals surface area (Å²) >= 11 is 0. The SMILES string of the molecule is C[Si](C)(C)C1=CC2(CCOCC2)N=N1. The van der Waals surface area contributed by atoms with Crippen molar-refractivity contribution in [2.24, 2.45) is 10.2 Å². The van der Waals surface area contributed by atoms with Gasteiger partial charge in [-0.25, -0.2) is 0 Å². The second-order valence-electron chi connectivity index (χ2n) is 5.20. The van der Waals surface area contributed by atoms with Gasteiger partial charge in [-0.1, -0.05) is 19.6 Å². The molecule has 1 saturated heterocycles. The minimum Gasteiger partial charge on any atom is -0.381 e. The number of hydrogen-bond acceptors (Lipinski definition) is 3. The monoisotopic (exact) mass is 210 g/mol. The fraction of sp³-hybridized carbons (Fsp3) is 0.800. The van der Waals surface area contributed by atoms with Gasteiger partial charge in [-0.15, -0.1) is 0 Å². The molecule has 0 aromatic carbocycles. The maximum atomic E-state index is 5.36. The van der Waals surface area contributed by atoms with Gasteiger partial charge in [0.2, 0.25) is 0 Å². The fourth-order valence-corrected chi connectivity index (χ4v) is 2.85. The highest BCUT2D eigenvalue weighted by Crippen LogP contribution is 2.36. The van der Waals surface area contributed by atoms with Crippen LogP contribution in [0.4, 0.5) is 0 Å². The average molecular weight is 210 g/mol. The highest BCUT2D eigenvalue weighted by molar-refractivity contribution is 6.83. The number of nitrogens with zero attached hydrogens (tertiary/aromatic N) is 2. The van der Waals surface area contributed by atoms with Crippen molar-refractivity contribution in [3.05, 3.63) is 11.4 Å². The van der Waals surface area contributed by atoms with Crippen LogP contribution in [-0.2, 0) is 4.74 Å². The molecule has 2 aliphatic heterocycles. The molecule has 0 aromatic rings. The molecule has 14 heavy (non-hydrogen) atoms. The van der Waals surface area contributed by atoms with Gasteiger partial charge in [-0.05, 0) is 6.08 Å². The summed E-state index contributed by atoms with van der Waals surface area (Å²) in [5.41, 5.74) is 0.00780. The van der Waals surface area contributed by atoms with Gasteiger partial charge in [0.1, 0.15) is 13.6 Å². The lowest BCUT2D eigenvalue weighted by molar-refractivity contribution is 0.0681. The molecule has 0 aliphatic carbocycles. The molecule has 1 fully saturated rings. The lowest BCUT2D eigenvalue weighted by atomic mass is 9.92. The van der Waals surface area contributed by atoms with Crippen LogP contribution in [0.15, 0.2) is 21.6 Å². The van der Waals surface area contributed by atoms with E-state index in [2.05, 4.69) is 35.9 Å². The first-order valence-electron chi connectivity index (χ1n) is 5.26. The fourth-order valence-electron chi connectivity index (χ4n) is 1.80. The maximum Gasteiger partial charge on any atom is 0.106 e. The minimum absolute atomic E-state index is 0.00780. The predicted octanol–water partition coefficient (Wildman–Crippen LogP) is 2.76. The summed E-state index contributed by atoms with van der Waals surface area (Å²) in [5.74, 6) is 0. The predicted molar refractivity (Wildman–Crippen MR) is 59.1 cm³/mol. The van der Waals surface area contributed by atoms with E-state index in [1.165, 1.54) is 5.32 Å². The van der Waals surface area contributed by atoms with Crippen LogP contribution in [0.2, 0.25) is 19.6 Å². The van der Waals surface area contributed by atoms with Crippen LogP contribution in [0.5, 0.6) is 0 Å². The maximum absolute atomic E-state index is 5.36. The van der Waals surface area contributed by atoms with E-state index in [1.807, 2.05) is 0 Å². The minimum atomic E-state index is -1.27. The third kappa shape index (κ3) is 1.81. The highest BCUT2D eigenvalue weighted by Gasteiger charge is 2.37. The van der Waals surface area contributed by atoms with Crippen molar-refractivity contribution in [2.75, 3.05) is 13.2 Å². The Morgan fingerprint density at radius 2 is 1.93 bits per heavy atom. The average Bonchev–Trinajstić information content (AvgIpc) is 2.50. The topological polar surface area (TPSA) is 34.0 Å². The Labute approximate surface area is 86.3 Å². The van der Waals surface area contributed by atoms with Gasteiger partial charge in [0, 0.05) is 31.4 Å². The quantitative estimate of drug-likeness (QED) is 0.613. The molecule has 3 nitrogen and oxygen atoms in total. The molecule has 2 heterocycles. The normalized spacial score (nSPS) is 25.5. The van der Waals surface area contributed by atoms with Crippen molar-refractivity contribution in [3.63, 3.8) is 0 Å². The summed E-state index contributed by atoms with van der Waals surface area (Å²) in [6.45, 7) is 8.60. The van der Waals surface area contributed by atoms with E-state index in [4.69, 9.17) is 4.74 Å².